The standard InChI is InChI=1S/C13H11F3N4O2S/c14-8-1-3-9(4-2-8)23-13(15,16)11(21)19-5-6-20-10(7-19)17-18-12(20)22/h1-4H,5-7H2,(H,18,22). The van der Waals surface area contributed by atoms with Gasteiger partial charge >= 0.3 is 16.9 Å². The molecule has 1 N–H and O–H groups in total. The number of aromatic nitrogens is 3. The van der Waals surface area contributed by atoms with Crippen molar-refractivity contribution in [3.63, 3.8) is 0 Å². The van der Waals surface area contributed by atoms with Crippen molar-refractivity contribution in [2.45, 2.75) is 23.2 Å². The molecule has 23 heavy (non-hydrogen) atoms. The molecule has 0 spiro atoms. The molecule has 6 nitrogen and oxygen atoms in total. The molecule has 1 aliphatic heterocycles. The summed E-state index contributed by atoms with van der Waals surface area (Å²) in [7, 11) is 0. The second-order valence-electron chi connectivity index (χ2n) is 4.90. The van der Waals surface area contributed by atoms with E-state index in [4.69, 9.17) is 0 Å². The van der Waals surface area contributed by atoms with Crippen LogP contribution in [-0.2, 0) is 17.9 Å². The molecule has 1 amide bonds. The average molecular weight is 344 g/mol. The number of rotatable bonds is 3. The van der Waals surface area contributed by atoms with Crippen LogP contribution in [0.5, 0.6) is 0 Å². The van der Waals surface area contributed by atoms with Gasteiger partial charge in [0.1, 0.15) is 5.82 Å². The van der Waals surface area contributed by atoms with E-state index in [-0.39, 0.29) is 42.1 Å². The van der Waals surface area contributed by atoms with E-state index in [0.717, 1.165) is 17.0 Å². The number of aromatic amines is 1. The van der Waals surface area contributed by atoms with Crippen LogP contribution >= 0.6 is 11.8 Å². The smallest absolute Gasteiger partial charge is 0.327 e. The van der Waals surface area contributed by atoms with E-state index in [2.05, 4.69) is 10.2 Å². The highest BCUT2D eigenvalue weighted by Gasteiger charge is 2.44. The zero-order valence-electron chi connectivity index (χ0n) is 11.6. The maximum atomic E-state index is 14.2. The summed E-state index contributed by atoms with van der Waals surface area (Å²) in [6, 6.07) is 4.46. The topological polar surface area (TPSA) is 71.0 Å². The highest BCUT2D eigenvalue weighted by atomic mass is 32.2. The van der Waals surface area contributed by atoms with Gasteiger partial charge in [-0.3, -0.25) is 9.36 Å². The summed E-state index contributed by atoms with van der Waals surface area (Å²) in [5, 5.41) is 2.22. The van der Waals surface area contributed by atoms with Crippen LogP contribution in [0.15, 0.2) is 34.0 Å². The fourth-order valence-electron chi connectivity index (χ4n) is 2.22. The van der Waals surface area contributed by atoms with Gasteiger partial charge in [0.15, 0.2) is 5.82 Å². The predicted molar refractivity (Wildman–Crippen MR) is 75.5 cm³/mol. The van der Waals surface area contributed by atoms with Gasteiger partial charge < -0.3 is 4.90 Å². The third kappa shape index (κ3) is 3.11. The number of carbonyl (C=O) groups excluding carboxylic acids is 1. The average Bonchev–Trinajstić information content (AvgIpc) is 2.89. The van der Waals surface area contributed by atoms with E-state index < -0.39 is 22.7 Å². The minimum absolute atomic E-state index is 0.00909. The van der Waals surface area contributed by atoms with Gasteiger partial charge in [0.05, 0.1) is 6.54 Å². The van der Waals surface area contributed by atoms with Crippen LogP contribution < -0.4 is 5.69 Å². The number of halogens is 3. The second-order valence-corrected chi connectivity index (χ2v) is 6.08. The van der Waals surface area contributed by atoms with Gasteiger partial charge in [-0.05, 0) is 36.0 Å². The van der Waals surface area contributed by atoms with Gasteiger partial charge in [0.2, 0.25) is 0 Å². The molecule has 0 fully saturated rings. The molecule has 0 bridgehead atoms. The molecule has 1 aromatic carbocycles. The number of carbonyl (C=O) groups is 1. The van der Waals surface area contributed by atoms with Gasteiger partial charge in [0, 0.05) is 18.0 Å². The molecular formula is C13H11F3N4O2S. The summed E-state index contributed by atoms with van der Waals surface area (Å²) in [6.45, 7) is -0.0737. The van der Waals surface area contributed by atoms with Crippen molar-refractivity contribution >= 4 is 17.7 Å². The van der Waals surface area contributed by atoms with Crippen LogP contribution in [0.4, 0.5) is 13.2 Å². The van der Waals surface area contributed by atoms with Crippen LogP contribution in [0.1, 0.15) is 5.82 Å². The Labute approximate surface area is 132 Å². The third-order valence-corrected chi connectivity index (χ3v) is 4.30. The van der Waals surface area contributed by atoms with Gasteiger partial charge in [-0.15, -0.1) is 0 Å². The number of nitrogens with one attached hydrogen (secondary N) is 1. The largest absolute Gasteiger partial charge is 0.375 e. The molecule has 2 heterocycles. The maximum absolute atomic E-state index is 14.2. The second kappa shape index (κ2) is 5.76. The first-order chi connectivity index (χ1) is 10.9. The van der Waals surface area contributed by atoms with Crippen LogP contribution in [0.2, 0.25) is 0 Å². The fourth-order valence-corrected chi connectivity index (χ4v) is 3.01. The number of H-pyrrole nitrogens is 1. The number of thioether (sulfide) groups is 1. The Hall–Kier alpha value is -2.23. The SMILES string of the molecule is O=C(N1CCn2c(n[nH]c2=O)C1)C(F)(F)Sc1ccc(F)cc1. The zero-order valence-corrected chi connectivity index (χ0v) is 12.4. The quantitative estimate of drug-likeness (QED) is 0.856. The molecular weight excluding hydrogens is 333 g/mol. The molecule has 0 unspecified atom stereocenters. The number of fused-ring (bicyclic) bond motifs is 1. The zero-order chi connectivity index (χ0) is 16.6. The molecule has 0 aliphatic carbocycles. The van der Waals surface area contributed by atoms with Crippen molar-refractivity contribution in [1.82, 2.24) is 19.7 Å². The highest BCUT2D eigenvalue weighted by Crippen LogP contribution is 2.37. The lowest BCUT2D eigenvalue weighted by atomic mass is 10.3. The minimum atomic E-state index is -3.70. The number of alkyl halides is 2. The van der Waals surface area contributed by atoms with Gasteiger partial charge in [-0.25, -0.2) is 14.3 Å². The Morgan fingerprint density at radius 3 is 2.65 bits per heavy atom. The van der Waals surface area contributed by atoms with Gasteiger partial charge in [-0.1, -0.05) is 0 Å². The van der Waals surface area contributed by atoms with E-state index >= 15 is 0 Å². The first-order valence-electron chi connectivity index (χ1n) is 6.63. The van der Waals surface area contributed by atoms with Crippen molar-refractivity contribution in [2.75, 3.05) is 6.54 Å². The number of amides is 1. The molecule has 2 aromatic rings. The van der Waals surface area contributed by atoms with Crippen molar-refractivity contribution < 1.29 is 18.0 Å². The van der Waals surface area contributed by atoms with Crippen molar-refractivity contribution in [3.8, 4) is 0 Å². The summed E-state index contributed by atoms with van der Waals surface area (Å²) < 4.78 is 42.4. The van der Waals surface area contributed by atoms with E-state index in [1.54, 1.807) is 0 Å². The van der Waals surface area contributed by atoms with Crippen LogP contribution in [0.25, 0.3) is 0 Å². The molecule has 1 aromatic heterocycles. The Morgan fingerprint density at radius 1 is 1.26 bits per heavy atom. The number of hydrogen-bond acceptors (Lipinski definition) is 4. The molecule has 122 valence electrons. The van der Waals surface area contributed by atoms with E-state index in [9.17, 15) is 22.8 Å². The van der Waals surface area contributed by atoms with E-state index in [0.29, 0.717) is 0 Å². The molecule has 10 heteroatoms. The molecule has 0 atom stereocenters. The first-order valence-corrected chi connectivity index (χ1v) is 7.44. The van der Waals surface area contributed by atoms with Crippen LogP contribution in [0, 0.1) is 5.82 Å². The Balaban J connectivity index is 1.74. The van der Waals surface area contributed by atoms with Crippen LogP contribution in [-0.4, -0.2) is 37.4 Å². The fraction of sp³-hybridized carbons (Fsp3) is 0.308. The lowest BCUT2D eigenvalue weighted by molar-refractivity contribution is -0.147. The molecule has 0 saturated heterocycles. The third-order valence-electron chi connectivity index (χ3n) is 3.36. The summed E-state index contributed by atoms with van der Waals surface area (Å²) in [5.74, 6) is -1.68. The Morgan fingerprint density at radius 2 is 1.96 bits per heavy atom. The highest BCUT2D eigenvalue weighted by molar-refractivity contribution is 8.01. The molecule has 3 rings (SSSR count). The van der Waals surface area contributed by atoms with Crippen molar-refractivity contribution in [2.24, 2.45) is 0 Å². The lowest BCUT2D eigenvalue weighted by Crippen LogP contribution is -2.46. The summed E-state index contributed by atoms with van der Waals surface area (Å²) in [4.78, 5) is 24.5. The van der Waals surface area contributed by atoms with Gasteiger partial charge in [-0.2, -0.15) is 13.9 Å². The molecule has 1 aliphatic rings. The Kier molecular flexibility index (Phi) is 3.92. The van der Waals surface area contributed by atoms with E-state index in [1.807, 2.05) is 0 Å². The number of hydrogen-bond donors (Lipinski definition) is 1. The summed E-state index contributed by atoms with van der Waals surface area (Å²) in [5.41, 5.74) is -0.431. The van der Waals surface area contributed by atoms with Crippen molar-refractivity contribution in [1.29, 1.82) is 0 Å². The normalized spacial score (nSPS) is 14.7. The van der Waals surface area contributed by atoms with Crippen LogP contribution in [0.3, 0.4) is 0 Å². The number of nitrogens with zero attached hydrogens (tertiary/aromatic N) is 3. The first kappa shape index (κ1) is 15.7. The van der Waals surface area contributed by atoms with E-state index in [1.165, 1.54) is 16.7 Å². The number of benzene rings is 1. The molecule has 0 radical (unpaired) electrons. The Bertz CT molecular complexity index is 787. The predicted octanol–water partition coefficient (Wildman–Crippen LogP) is 1.44. The molecule has 0 saturated carbocycles. The lowest BCUT2D eigenvalue weighted by Gasteiger charge is -2.29. The summed E-state index contributed by atoms with van der Waals surface area (Å²) in [6.07, 6.45) is 0. The minimum Gasteiger partial charge on any atom is -0.327 e. The maximum Gasteiger partial charge on any atom is 0.375 e. The monoisotopic (exact) mass is 344 g/mol. The summed E-state index contributed by atoms with van der Waals surface area (Å²) >= 11 is 0.0549. The van der Waals surface area contributed by atoms with Crippen molar-refractivity contribution in [3.05, 3.63) is 46.4 Å². The van der Waals surface area contributed by atoms with Gasteiger partial charge in [0.25, 0.3) is 0 Å².